The Balaban J connectivity index is 2.54. The van der Waals surface area contributed by atoms with Crippen molar-refractivity contribution in [1.29, 1.82) is 0 Å². The standard InChI is InChI=1S/C12H18N2/c1-9-5-4-6-10(14(2)3)11(9)12(13)7-8-12/h4-6H,7-8,13H2,1-3H3. The fraction of sp³-hybridized carbons (Fsp3) is 0.500. The molecule has 2 N–H and O–H groups in total. The van der Waals surface area contributed by atoms with Crippen molar-refractivity contribution in [2.45, 2.75) is 25.3 Å². The summed E-state index contributed by atoms with van der Waals surface area (Å²) in [6.45, 7) is 2.15. The van der Waals surface area contributed by atoms with Crippen LogP contribution in [0, 0.1) is 6.92 Å². The summed E-state index contributed by atoms with van der Waals surface area (Å²) < 4.78 is 0. The summed E-state index contributed by atoms with van der Waals surface area (Å²) in [5.41, 5.74) is 10.2. The monoisotopic (exact) mass is 190 g/mol. The van der Waals surface area contributed by atoms with E-state index in [0.717, 1.165) is 12.8 Å². The molecule has 1 aromatic carbocycles. The molecule has 0 saturated heterocycles. The van der Waals surface area contributed by atoms with Crippen molar-refractivity contribution in [2.24, 2.45) is 5.73 Å². The lowest BCUT2D eigenvalue weighted by Gasteiger charge is -2.23. The van der Waals surface area contributed by atoms with Crippen LogP contribution in [0.15, 0.2) is 18.2 Å². The molecule has 0 heterocycles. The SMILES string of the molecule is Cc1cccc(N(C)C)c1C1(N)CC1. The van der Waals surface area contributed by atoms with Crippen LogP contribution in [-0.2, 0) is 5.54 Å². The zero-order chi connectivity index (χ0) is 10.3. The zero-order valence-electron chi connectivity index (χ0n) is 9.17. The average Bonchev–Trinajstić information content (AvgIpc) is 2.84. The van der Waals surface area contributed by atoms with Gasteiger partial charge in [0.25, 0.3) is 0 Å². The summed E-state index contributed by atoms with van der Waals surface area (Å²) in [6.07, 6.45) is 2.25. The van der Waals surface area contributed by atoms with Crippen LogP contribution in [0.3, 0.4) is 0 Å². The highest BCUT2D eigenvalue weighted by atomic mass is 15.1. The van der Waals surface area contributed by atoms with Gasteiger partial charge in [0.05, 0.1) is 0 Å². The van der Waals surface area contributed by atoms with Gasteiger partial charge in [-0.25, -0.2) is 0 Å². The van der Waals surface area contributed by atoms with Crippen LogP contribution < -0.4 is 10.6 Å². The first-order chi connectivity index (χ1) is 6.54. The molecular weight excluding hydrogens is 172 g/mol. The fourth-order valence-electron chi connectivity index (χ4n) is 2.06. The molecule has 0 radical (unpaired) electrons. The third-order valence-electron chi connectivity index (χ3n) is 3.02. The molecule has 1 fully saturated rings. The van der Waals surface area contributed by atoms with Crippen molar-refractivity contribution < 1.29 is 0 Å². The Labute approximate surface area is 85.7 Å². The number of hydrogen-bond acceptors (Lipinski definition) is 2. The molecule has 1 aromatic rings. The predicted octanol–water partition coefficient (Wildman–Crippen LogP) is 2.01. The number of hydrogen-bond donors (Lipinski definition) is 1. The fourth-order valence-corrected chi connectivity index (χ4v) is 2.06. The maximum absolute atomic E-state index is 6.28. The molecule has 0 spiro atoms. The van der Waals surface area contributed by atoms with Gasteiger partial charge in [0.2, 0.25) is 0 Å². The number of nitrogens with zero attached hydrogens (tertiary/aromatic N) is 1. The first-order valence-electron chi connectivity index (χ1n) is 5.11. The highest BCUT2D eigenvalue weighted by Crippen LogP contribution is 2.47. The lowest BCUT2D eigenvalue weighted by atomic mass is 9.97. The lowest BCUT2D eigenvalue weighted by Crippen LogP contribution is -2.24. The van der Waals surface area contributed by atoms with Crippen molar-refractivity contribution in [1.82, 2.24) is 0 Å². The van der Waals surface area contributed by atoms with Crippen LogP contribution in [0.25, 0.3) is 0 Å². The van der Waals surface area contributed by atoms with Gasteiger partial charge in [0.1, 0.15) is 0 Å². The van der Waals surface area contributed by atoms with E-state index in [0.29, 0.717) is 0 Å². The molecule has 2 rings (SSSR count). The summed E-state index contributed by atoms with van der Waals surface area (Å²) >= 11 is 0. The van der Waals surface area contributed by atoms with Gasteiger partial charge in [-0.05, 0) is 37.0 Å². The van der Waals surface area contributed by atoms with Crippen molar-refractivity contribution in [3.63, 3.8) is 0 Å². The molecule has 14 heavy (non-hydrogen) atoms. The van der Waals surface area contributed by atoms with Gasteiger partial charge in [-0.3, -0.25) is 0 Å². The maximum Gasteiger partial charge on any atom is 0.0434 e. The second-order valence-electron chi connectivity index (χ2n) is 4.52. The van der Waals surface area contributed by atoms with E-state index in [2.05, 4.69) is 44.1 Å². The van der Waals surface area contributed by atoms with E-state index < -0.39 is 0 Å². The highest BCUT2D eigenvalue weighted by molar-refractivity contribution is 5.60. The van der Waals surface area contributed by atoms with Crippen LogP contribution >= 0.6 is 0 Å². The minimum absolute atomic E-state index is 0.0368. The number of nitrogens with two attached hydrogens (primary N) is 1. The second-order valence-corrected chi connectivity index (χ2v) is 4.52. The molecular formula is C12H18N2. The van der Waals surface area contributed by atoms with E-state index in [1.54, 1.807) is 0 Å². The predicted molar refractivity (Wildman–Crippen MR) is 60.6 cm³/mol. The third kappa shape index (κ3) is 1.40. The van der Waals surface area contributed by atoms with Crippen molar-refractivity contribution >= 4 is 5.69 Å². The Kier molecular flexibility index (Phi) is 2.04. The normalized spacial score (nSPS) is 18.0. The van der Waals surface area contributed by atoms with E-state index >= 15 is 0 Å². The minimum Gasteiger partial charge on any atom is -0.377 e. The zero-order valence-corrected chi connectivity index (χ0v) is 9.17. The van der Waals surface area contributed by atoms with Crippen LogP contribution in [0.1, 0.15) is 24.0 Å². The molecule has 0 aliphatic heterocycles. The Bertz CT molecular complexity index is 351. The molecule has 1 saturated carbocycles. The van der Waals surface area contributed by atoms with Gasteiger partial charge in [-0.15, -0.1) is 0 Å². The topological polar surface area (TPSA) is 29.3 Å². The minimum atomic E-state index is -0.0368. The van der Waals surface area contributed by atoms with Crippen LogP contribution in [0.2, 0.25) is 0 Å². The first-order valence-corrected chi connectivity index (χ1v) is 5.11. The summed E-state index contributed by atoms with van der Waals surface area (Å²) in [7, 11) is 4.15. The summed E-state index contributed by atoms with van der Waals surface area (Å²) in [4.78, 5) is 2.15. The molecule has 0 unspecified atom stereocenters. The molecule has 0 aromatic heterocycles. The Morgan fingerprint density at radius 3 is 2.43 bits per heavy atom. The molecule has 0 amide bonds. The number of benzene rings is 1. The molecule has 1 aliphatic rings. The van der Waals surface area contributed by atoms with E-state index in [4.69, 9.17) is 5.73 Å². The average molecular weight is 190 g/mol. The molecule has 2 heteroatoms. The van der Waals surface area contributed by atoms with E-state index in [1.807, 2.05) is 0 Å². The Morgan fingerprint density at radius 1 is 1.29 bits per heavy atom. The van der Waals surface area contributed by atoms with Crippen LogP contribution in [0.5, 0.6) is 0 Å². The molecule has 1 aliphatic carbocycles. The lowest BCUT2D eigenvalue weighted by molar-refractivity contribution is 0.730. The van der Waals surface area contributed by atoms with E-state index in [1.165, 1.54) is 16.8 Å². The van der Waals surface area contributed by atoms with Crippen LogP contribution in [-0.4, -0.2) is 14.1 Å². The molecule has 2 nitrogen and oxygen atoms in total. The molecule has 0 atom stereocenters. The summed E-state index contributed by atoms with van der Waals surface area (Å²) in [5, 5.41) is 0. The second kappa shape index (κ2) is 2.99. The first kappa shape index (κ1) is 9.53. The van der Waals surface area contributed by atoms with Crippen molar-refractivity contribution in [3.8, 4) is 0 Å². The quantitative estimate of drug-likeness (QED) is 0.773. The van der Waals surface area contributed by atoms with Gasteiger partial charge in [0, 0.05) is 25.3 Å². The molecule has 76 valence electrons. The van der Waals surface area contributed by atoms with Gasteiger partial charge in [0.15, 0.2) is 0 Å². The largest absolute Gasteiger partial charge is 0.377 e. The van der Waals surface area contributed by atoms with Crippen LogP contribution in [0.4, 0.5) is 5.69 Å². The van der Waals surface area contributed by atoms with Gasteiger partial charge in [-0.2, -0.15) is 0 Å². The van der Waals surface area contributed by atoms with Gasteiger partial charge >= 0.3 is 0 Å². The Hall–Kier alpha value is -1.02. The third-order valence-corrected chi connectivity index (χ3v) is 3.02. The highest BCUT2D eigenvalue weighted by Gasteiger charge is 2.42. The number of anilines is 1. The van der Waals surface area contributed by atoms with E-state index in [9.17, 15) is 0 Å². The summed E-state index contributed by atoms with van der Waals surface area (Å²) in [6, 6.07) is 6.39. The Morgan fingerprint density at radius 2 is 1.93 bits per heavy atom. The van der Waals surface area contributed by atoms with Crippen molar-refractivity contribution in [2.75, 3.05) is 19.0 Å². The molecule has 0 bridgehead atoms. The smallest absolute Gasteiger partial charge is 0.0434 e. The maximum atomic E-state index is 6.28. The number of aryl methyl sites for hydroxylation is 1. The van der Waals surface area contributed by atoms with Gasteiger partial charge < -0.3 is 10.6 Å². The van der Waals surface area contributed by atoms with E-state index in [-0.39, 0.29) is 5.54 Å². The van der Waals surface area contributed by atoms with Gasteiger partial charge in [-0.1, -0.05) is 12.1 Å². The van der Waals surface area contributed by atoms with Crippen molar-refractivity contribution in [3.05, 3.63) is 29.3 Å². The summed E-state index contributed by atoms with van der Waals surface area (Å²) in [5.74, 6) is 0. The number of rotatable bonds is 2.